The molecule has 0 bridgehead atoms. The molecule has 16 heavy (non-hydrogen) atoms. The lowest BCUT2D eigenvalue weighted by Gasteiger charge is -2.08. The maximum Gasteiger partial charge on any atom is 0.230 e. The Bertz CT molecular complexity index is 427. The molecule has 2 aromatic heterocycles. The van der Waals surface area contributed by atoms with Gasteiger partial charge in [-0.1, -0.05) is 0 Å². The van der Waals surface area contributed by atoms with E-state index in [1.807, 2.05) is 16.8 Å². The van der Waals surface area contributed by atoms with Crippen molar-refractivity contribution in [3.63, 3.8) is 0 Å². The molecule has 2 heterocycles. The van der Waals surface area contributed by atoms with E-state index in [-0.39, 0.29) is 0 Å². The topological polar surface area (TPSA) is 71.2 Å². The Labute approximate surface area is 97.1 Å². The van der Waals surface area contributed by atoms with Gasteiger partial charge < -0.3 is 14.8 Å². The van der Waals surface area contributed by atoms with E-state index in [1.165, 1.54) is 0 Å². The van der Waals surface area contributed by atoms with E-state index in [0.717, 1.165) is 5.56 Å². The molecule has 1 atom stereocenters. The van der Waals surface area contributed by atoms with Crippen LogP contribution < -0.4 is 5.32 Å². The number of thiophene rings is 1. The van der Waals surface area contributed by atoms with E-state index in [4.69, 9.17) is 4.42 Å². The zero-order chi connectivity index (χ0) is 11.4. The predicted molar refractivity (Wildman–Crippen MR) is 60.0 cm³/mol. The molecule has 0 fully saturated rings. The molecule has 5 nitrogen and oxygen atoms in total. The molecule has 1 unspecified atom stereocenters. The molecule has 0 aliphatic rings. The van der Waals surface area contributed by atoms with Crippen molar-refractivity contribution in [2.24, 2.45) is 0 Å². The van der Waals surface area contributed by atoms with Crippen LogP contribution in [-0.2, 0) is 6.54 Å². The fraction of sp³-hybridized carbons (Fsp3) is 0.400. The Morgan fingerprint density at radius 2 is 2.44 bits per heavy atom. The lowest BCUT2D eigenvalue weighted by atomic mass is 10.2. The van der Waals surface area contributed by atoms with Gasteiger partial charge in [-0.05, 0) is 22.4 Å². The molecule has 2 N–H and O–H groups in total. The van der Waals surface area contributed by atoms with Crippen molar-refractivity contribution in [3.8, 4) is 0 Å². The summed E-state index contributed by atoms with van der Waals surface area (Å²) in [7, 11) is 0. The monoisotopic (exact) mass is 239 g/mol. The minimum atomic E-state index is -0.490. The highest BCUT2D eigenvalue weighted by Gasteiger charge is 2.08. The Balaban J connectivity index is 1.76. The Kier molecular flexibility index (Phi) is 3.66. The first-order valence-corrected chi connectivity index (χ1v) is 5.90. The molecule has 86 valence electrons. The largest absolute Gasteiger partial charge is 0.424 e. The standard InChI is InChI=1S/C10H13N3O2S/c1-7-12-13-10(15-7)5-11-4-9(14)8-2-3-16-6-8/h2-3,6,9,11,14H,4-5H2,1H3. The molecule has 0 saturated carbocycles. The number of rotatable bonds is 5. The van der Waals surface area contributed by atoms with Crippen LogP contribution in [0.5, 0.6) is 0 Å². The molecular weight excluding hydrogens is 226 g/mol. The van der Waals surface area contributed by atoms with Gasteiger partial charge in [0.2, 0.25) is 11.8 Å². The van der Waals surface area contributed by atoms with Crippen molar-refractivity contribution >= 4 is 11.3 Å². The molecule has 6 heteroatoms. The minimum absolute atomic E-state index is 0.470. The summed E-state index contributed by atoms with van der Waals surface area (Å²) in [5.41, 5.74) is 0.930. The predicted octanol–water partition coefficient (Wildman–Crippen LogP) is 1.26. The summed E-state index contributed by atoms with van der Waals surface area (Å²) in [5.74, 6) is 1.09. The van der Waals surface area contributed by atoms with Crippen molar-refractivity contribution in [2.45, 2.75) is 19.6 Å². The van der Waals surface area contributed by atoms with Gasteiger partial charge in [0.25, 0.3) is 0 Å². The third-order valence-electron chi connectivity index (χ3n) is 2.11. The third-order valence-corrected chi connectivity index (χ3v) is 2.81. The van der Waals surface area contributed by atoms with Crippen LogP contribution in [0, 0.1) is 6.92 Å². The summed E-state index contributed by atoms with van der Waals surface area (Å²) in [6.45, 7) is 2.69. The zero-order valence-electron chi connectivity index (χ0n) is 8.88. The summed E-state index contributed by atoms with van der Waals surface area (Å²) in [6.07, 6.45) is -0.490. The third kappa shape index (κ3) is 2.88. The summed E-state index contributed by atoms with van der Waals surface area (Å²) in [5, 5.41) is 24.3. The van der Waals surface area contributed by atoms with Gasteiger partial charge in [-0.15, -0.1) is 10.2 Å². The molecule has 2 rings (SSSR count). The van der Waals surface area contributed by atoms with E-state index in [2.05, 4.69) is 15.5 Å². The lowest BCUT2D eigenvalue weighted by molar-refractivity contribution is 0.173. The van der Waals surface area contributed by atoms with Crippen LogP contribution in [0.15, 0.2) is 21.2 Å². The van der Waals surface area contributed by atoms with Gasteiger partial charge in [-0.25, -0.2) is 0 Å². The van der Waals surface area contributed by atoms with Gasteiger partial charge in [0.1, 0.15) is 0 Å². The van der Waals surface area contributed by atoms with Crippen molar-refractivity contribution in [2.75, 3.05) is 6.54 Å². The molecule has 0 saturated heterocycles. The van der Waals surface area contributed by atoms with Crippen molar-refractivity contribution < 1.29 is 9.52 Å². The highest BCUT2D eigenvalue weighted by atomic mass is 32.1. The van der Waals surface area contributed by atoms with E-state index >= 15 is 0 Å². The molecule has 0 amide bonds. The molecule has 0 aliphatic carbocycles. The summed E-state index contributed by atoms with van der Waals surface area (Å²) in [6, 6.07) is 1.91. The van der Waals surface area contributed by atoms with E-state index in [1.54, 1.807) is 18.3 Å². The van der Waals surface area contributed by atoms with Gasteiger partial charge in [0.05, 0.1) is 12.6 Å². The Hall–Kier alpha value is -1.24. The second-order valence-corrected chi connectivity index (χ2v) is 4.20. The number of hydrogen-bond donors (Lipinski definition) is 2. The second-order valence-electron chi connectivity index (χ2n) is 3.42. The second kappa shape index (κ2) is 5.20. The van der Waals surface area contributed by atoms with Crippen LogP contribution in [0.1, 0.15) is 23.4 Å². The summed E-state index contributed by atoms with van der Waals surface area (Å²) >= 11 is 1.57. The quantitative estimate of drug-likeness (QED) is 0.822. The maximum absolute atomic E-state index is 9.77. The minimum Gasteiger partial charge on any atom is -0.424 e. The van der Waals surface area contributed by atoms with Crippen LogP contribution in [0.4, 0.5) is 0 Å². The van der Waals surface area contributed by atoms with Crippen molar-refractivity contribution in [3.05, 3.63) is 34.2 Å². The molecule has 0 aliphatic heterocycles. The van der Waals surface area contributed by atoms with Gasteiger partial charge in [-0.2, -0.15) is 11.3 Å². The maximum atomic E-state index is 9.77. The van der Waals surface area contributed by atoms with E-state index < -0.39 is 6.10 Å². The first-order valence-electron chi connectivity index (χ1n) is 4.95. The molecule has 2 aromatic rings. The first-order chi connectivity index (χ1) is 7.75. The highest BCUT2D eigenvalue weighted by molar-refractivity contribution is 7.07. The average molecular weight is 239 g/mol. The lowest BCUT2D eigenvalue weighted by Crippen LogP contribution is -2.20. The number of aliphatic hydroxyl groups is 1. The fourth-order valence-electron chi connectivity index (χ4n) is 1.31. The van der Waals surface area contributed by atoms with E-state index in [0.29, 0.717) is 24.9 Å². The van der Waals surface area contributed by atoms with Gasteiger partial charge in [0, 0.05) is 13.5 Å². The fourth-order valence-corrected chi connectivity index (χ4v) is 2.01. The molecule has 0 radical (unpaired) electrons. The SMILES string of the molecule is Cc1nnc(CNCC(O)c2ccsc2)o1. The van der Waals surface area contributed by atoms with E-state index in [9.17, 15) is 5.11 Å². The molecular formula is C10H13N3O2S. The smallest absolute Gasteiger partial charge is 0.230 e. The van der Waals surface area contributed by atoms with Gasteiger partial charge >= 0.3 is 0 Å². The Morgan fingerprint density at radius 1 is 1.56 bits per heavy atom. The van der Waals surface area contributed by atoms with Gasteiger partial charge in [0.15, 0.2) is 0 Å². The highest BCUT2D eigenvalue weighted by Crippen LogP contribution is 2.15. The number of aliphatic hydroxyl groups excluding tert-OH is 1. The van der Waals surface area contributed by atoms with Crippen molar-refractivity contribution in [1.82, 2.24) is 15.5 Å². The van der Waals surface area contributed by atoms with Gasteiger partial charge in [-0.3, -0.25) is 0 Å². The molecule has 0 spiro atoms. The number of aryl methyl sites for hydroxylation is 1. The molecule has 0 aromatic carbocycles. The number of nitrogens with one attached hydrogen (secondary N) is 1. The Morgan fingerprint density at radius 3 is 3.06 bits per heavy atom. The van der Waals surface area contributed by atoms with Crippen LogP contribution >= 0.6 is 11.3 Å². The number of aromatic nitrogens is 2. The first kappa shape index (κ1) is 11.3. The van der Waals surface area contributed by atoms with Crippen molar-refractivity contribution in [1.29, 1.82) is 0 Å². The normalized spacial score (nSPS) is 12.9. The number of nitrogens with zero attached hydrogens (tertiary/aromatic N) is 2. The van der Waals surface area contributed by atoms with Crippen LogP contribution in [0.25, 0.3) is 0 Å². The van der Waals surface area contributed by atoms with Crippen LogP contribution in [-0.4, -0.2) is 21.8 Å². The summed E-state index contributed by atoms with van der Waals surface area (Å²) < 4.78 is 5.19. The average Bonchev–Trinajstić information content (AvgIpc) is 2.89. The number of hydrogen-bond acceptors (Lipinski definition) is 6. The van der Waals surface area contributed by atoms with Crippen LogP contribution in [0.3, 0.4) is 0 Å². The zero-order valence-corrected chi connectivity index (χ0v) is 9.70. The van der Waals surface area contributed by atoms with Crippen LogP contribution in [0.2, 0.25) is 0 Å². The summed E-state index contributed by atoms with van der Waals surface area (Å²) in [4.78, 5) is 0.